The summed E-state index contributed by atoms with van der Waals surface area (Å²) in [4.78, 5) is 32.4. The van der Waals surface area contributed by atoms with Gasteiger partial charge in [0.2, 0.25) is 5.91 Å². The molecular weight excluding hydrogens is 441 g/mol. The van der Waals surface area contributed by atoms with E-state index < -0.39 is 0 Å². The second-order valence-corrected chi connectivity index (χ2v) is 9.81. The van der Waals surface area contributed by atoms with Gasteiger partial charge in [-0.15, -0.1) is 34.4 Å². The third kappa shape index (κ3) is 3.46. The molecule has 1 atom stereocenters. The van der Waals surface area contributed by atoms with Crippen LogP contribution in [0.2, 0.25) is 0 Å². The number of carbonyl (C=O) groups excluding carboxylic acids is 1. The second kappa shape index (κ2) is 7.98. The Balaban J connectivity index is 1.41. The molecule has 4 aromatic rings. The standard InChI is InChI=1S/C21H16FN3O2S3/c22-14-4-1-3-12-15(6-8-29-19(12)14)24-17(26)9-25-11-23-20-18(21(25)27)13(10-30-20)16-5-2-7-28-16/h1-5,7,10-11,15H,6,8-9H2,(H,24,26)/t15-/m1/s1. The van der Waals surface area contributed by atoms with E-state index in [9.17, 15) is 14.0 Å². The molecule has 4 heterocycles. The summed E-state index contributed by atoms with van der Waals surface area (Å²) < 4.78 is 15.4. The van der Waals surface area contributed by atoms with Crippen LogP contribution in [-0.2, 0) is 11.3 Å². The van der Waals surface area contributed by atoms with Crippen molar-refractivity contribution in [2.24, 2.45) is 0 Å². The maximum absolute atomic E-state index is 14.1. The molecule has 1 aliphatic heterocycles. The van der Waals surface area contributed by atoms with Gasteiger partial charge in [0.1, 0.15) is 17.2 Å². The van der Waals surface area contributed by atoms with Gasteiger partial charge in [-0.25, -0.2) is 9.37 Å². The van der Waals surface area contributed by atoms with Crippen LogP contribution in [0.3, 0.4) is 0 Å². The number of fused-ring (bicyclic) bond motifs is 2. The first-order valence-corrected chi connectivity index (χ1v) is 12.1. The monoisotopic (exact) mass is 457 g/mol. The molecule has 0 saturated heterocycles. The topological polar surface area (TPSA) is 64.0 Å². The van der Waals surface area contributed by atoms with Crippen molar-refractivity contribution in [3.63, 3.8) is 0 Å². The number of rotatable bonds is 4. The van der Waals surface area contributed by atoms with Crippen LogP contribution in [0.4, 0.5) is 4.39 Å². The molecule has 0 spiro atoms. The molecule has 0 unspecified atom stereocenters. The number of nitrogens with zero attached hydrogens (tertiary/aromatic N) is 2. The van der Waals surface area contributed by atoms with E-state index in [-0.39, 0.29) is 29.9 Å². The molecule has 0 fully saturated rings. The van der Waals surface area contributed by atoms with Crippen LogP contribution in [0.1, 0.15) is 18.0 Å². The molecule has 3 aromatic heterocycles. The van der Waals surface area contributed by atoms with Crippen molar-refractivity contribution in [1.29, 1.82) is 0 Å². The molecule has 0 radical (unpaired) electrons. The Hall–Kier alpha value is -2.49. The van der Waals surface area contributed by atoms with Gasteiger partial charge in [-0.2, -0.15) is 0 Å². The smallest absolute Gasteiger partial charge is 0.263 e. The minimum Gasteiger partial charge on any atom is -0.348 e. The lowest BCUT2D eigenvalue weighted by Gasteiger charge is -2.26. The minimum absolute atomic E-state index is 0.129. The zero-order valence-corrected chi connectivity index (χ0v) is 18.1. The molecule has 0 aliphatic carbocycles. The van der Waals surface area contributed by atoms with Crippen molar-refractivity contribution in [3.8, 4) is 10.4 Å². The van der Waals surface area contributed by atoms with E-state index in [0.29, 0.717) is 21.5 Å². The number of carbonyl (C=O) groups is 1. The number of benzene rings is 1. The normalized spacial score (nSPS) is 15.8. The molecule has 1 aromatic carbocycles. The van der Waals surface area contributed by atoms with Crippen molar-refractivity contribution in [2.75, 3.05) is 5.75 Å². The summed E-state index contributed by atoms with van der Waals surface area (Å²) in [6.07, 6.45) is 2.13. The first kappa shape index (κ1) is 19.5. The summed E-state index contributed by atoms with van der Waals surface area (Å²) in [6.45, 7) is -0.129. The first-order valence-electron chi connectivity index (χ1n) is 9.33. The fourth-order valence-electron chi connectivity index (χ4n) is 3.62. The van der Waals surface area contributed by atoms with Crippen LogP contribution < -0.4 is 10.9 Å². The van der Waals surface area contributed by atoms with E-state index in [1.165, 1.54) is 40.1 Å². The Morgan fingerprint density at radius 1 is 1.27 bits per heavy atom. The molecule has 152 valence electrons. The average Bonchev–Trinajstić information content (AvgIpc) is 3.41. The predicted octanol–water partition coefficient (Wildman–Crippen LogP) is 4.68. The van der Waals surface area contributed by atoms with Gasteiger partial charge in [-0.1, -0.05) is 18.2 Å². The summed E-state index contributed by atoms with van der Waals surface area (Å²) in [7, 11) is 0. The lowest BCUT2D eigenvalue weighted by atomic mass is 10.0. The van der Waals surface area contributed by atoms with Gasteiger partial charge in [0.05, 0.1) is 17.8 Å². The zero-order chi connectivity index (χ0) is 20.7. The third-order valence-corrected chi connectivity index (χ3v) is 7.97. The summed E-state index contributed by atoms with van der Waals surface area (Å²) in [5, 5.41) is 7.39. The molecular formula is C21H16FN3O2S3. The quantitative estimate of drug-likeness (QED) is 0.483. The molecule has 5 nitrogen and oxygen atoms in total. The van der Waals surface area contributed by atoms with Crippen molar-refractivity contribution in [2.45, 2.75) is 23.9 Å². The highest BCUT2D eigenvalue weighted by Gasteiger charge is 2.25. The maximum Gasteiger partial charge on any atom is 0.263 e. The fraction of sp³-hybridized carbons (Fsp3) is 0.190. The SMILES string of the molecule is O=C(Cn1cnc2scc(-c3cccs3)c2c1=O)N[C@@H]1CCSc2c(F)cccc21. The summed E-state index contributed by atoms with van der Waals surface area (Å²) in [5.74, 6) is 0.171. The van der Waals surface area contributed by atoms with E-state index in [0.717, 1.165) is 21.8 Å². The summed E-state index contributed by atoms with van der Waals surface area (Å²) in [6, 6.07) is 8.57. The number of thioether (sulfide) groups is 1. The van der Waals surface area contributed by atoms with Crippen molar-refractivity contribution >= 4 is 50.6 Å². The van der Waals surface area contributed by atoms with Gasteiger partial charge in [0.25, 0.3) is 5.56 Å². The lowest BCUT2D eigenvalue weighted by Crippen LogP contribution is -2.36. The van der Waals surface area contributed by atoms with Crippen LogP contribution >= 0.6 is 34.4 Å². The van der Waals surface area contributed by atoms with E-state index in [1.807, 2.05) is 29.0 Å². The van der Waals surface area contributed by atoms with Crippen LogP contribution in [0.25, 0.3) is 20.7 Å². The lowest BCUT2D eigenvalue weighted by molar-refractivity contribution is -0.122. The molecule has 30 heavy (non-hydrogen) atoms. The number of amides is 1. The highest BCUT2D eigenvalue weighted by molar-refractivity contribution is 7.99. The second-order valence-electron chi connectivity index (χ2n) is 6.90. The van der Waals surface area contributed by atoms with Crippen molar-refractivity contribution in [1.82, 2.24) is 14.9 Å². The number of halogens is 1. The Morgan fingerprint density at radius 3 is 3.00 bits per heavy atom. The van der Waals surface area contributed by atoms with Crippen LogP contribution in [-0.4, -0.2) is 21.2 Å². The van der Waals surface area contributed by atoms with Crippen LogP contribution in [0, 0.1) is 5.82 Å². The maximum atomic E-state index is 14.1. The fourth-order valence-corrected chi connectivity index (χ4v) is 6.49. The molecule has 0 saturated carbocycles. The van der Waals surface area contributed by atoms with Gasteiger partial charge in [-0.3, -0.25) is 14.2 Å². The molecule has 1 N–H and O–H groups in total. The summed E-state index contributed by atoms with van der Waals surface area (Å²) in [5.41, 5.74) is 1.41. The Kier molecular flexibility index (Phi) is 5.18. The van der Waals surface area contributed by atoms with E-state index in [1.54, 1.807) is 17.4 Å². The highest BCUT2D eigenvalue weighted by Crippen LogP contribution is 2.37. The van der Waals surface area contributed by atoms with Gasteiger partial charge < -0.3 is 5.32 Å². The van der Waals surface area contributed by atoms with Gasteiger partial charge in [0.15, 0.2) is 0 Å². The van der Waals surface area contributed by atoms with Gasteiger partial charge in [0, 0.05) is 26.5 Å². The third-order valence-electron chi connectivity index (χ3n) is 5.02. The zero-order valence-electron chi connectivity index (χ0n) is 15.6. The largest absolute Gasteiger partial charge is 0.348 e. The van der Waals surface area contributed by atoms with Gasteiger partial charge >= 0.3 is 0 Å². The molecule has 1 amide bonds. The number of aromatic nitrogens is 2. The minimum atomic E-state index is -0.293. The number of thiophene rings is 2. The van der Waals surface area contributed by atoms with Crippen LogP contribution in [0.15, 0.2) is 57.1 Å². The van der Waals surface area contributed by atoms with Gasteiger partial charge in [-0.05, 0) is 29.5 Å². The number of hydrogen-bond donors (Lipinski definition) is 1. The number of nitrogens with one attached hydrogen (secondary N) is 1. The summed E-state index contributed by atoms with van der Waals surface area (Å²) >= 11 is 4.45. The first-order chi connectivity index (χ1) is 14.6. The van der Waals surface area contributed by atoms with E-state index >= 15 is 0 Å². The van der Waals surface area contributed by atoms with E-state index in [4.69, 9.17) is 0 Å². The van der Waals surface area contributed by atoms with Crippen molar-refractivity contribution < 1.29 is 9.18 Å². The molecule has 5 rings (SSSR count). The highest BCUT2D eigenvalue weighted by atomic mass is 32.2. The molecule has 1 aliphatic rings. The Labute approximate surface area is 183 Å². The number of hydrogen-bond acceptors (Lipinski definition) is 6. The Morgan fingerprint density at radius 2 is 2.17 bits per heavy atom. The molecule has 0 bridgehead atoms. The van der Waals surface area contributed by atoms with Crippen molar-refractivity contribution in [3.05, 3.63) is 69.2 Å². The predicted molar refractivity (Wildman–Crippen MR) is 120 cm³/mol. The molecule has 9 heteroatoms. The Bertz CT molecular complexity index is 1300. The van der Waals surface area contributed by atoms with Crippen LogP contribution in [0.5, 0.6) is 0 Å². The van der Waals surface area contributed by atoms with E-state index in [2.05, 4.69) is 10.3 Å². The average molecular weight is 458 g/mol.